The molecule has 2 saturated heterocycles. The Bertz CT molecular complexity index is 1960. The highest BCUT2D eigenvalue weighted by molar-refractivity contribution is 6.32. The molecule has 6 atom stereocenters. The molecule has 4 amide bonds. The van der Waals surface area contributed by atoms with Gasteiger partial charge in [0.25, 0.3) is 0 Å². The number of methoxy groups -OCH3 is 2. The fourth-order valence-corrected chi connectivity index (χ4v) is 8.55. The Morgan fingerprint density at radius 1 is 0.938 bits per heavy atom. The number of imide groups is 2. The lowest BCUT2D eigenvalue weighted by molar-refractivity contribution is -0.131. The minimum atomic E-state index is -1.47. The van der Waals surface area contributed by atoms with Gasteiger partial charge in [-0.15, -0.1) is 0 Å². The average molecular weight is 671 g/mol. The number of fused-ring (bicyclic) bond motifs is 4. The van der Waals surface area contributed by atoms with E-state index in [0.717, 1.165) is 16.5 Å². The Morgan fingerprint density at radius 2 is 1.65 bits per heavy atom. The number of phenolic OH excluding ortho intramolecular Hbond substituents is 1. The first-order valence-corrected chi connectivity index (χ1v) is 15.9. The molecule has 4 aliphatic rings. The molecule has 48 heavy (non-hydrogen) atoms. The number of anilines is 2. The van der Waals surface area contributed by atoms with Gasteiger partial charge in [0, 0.05) is 23.6 Å². The van der Waals surface area contributed by atoms with E-state index >= 15 is 0 Å². The van der Waals surface area contributed by atoms with Crippen LogP contribution in [0.25, 0.3) is 6.08 Å². The number of hydrogen-bond donors (Lipinski definition) is 1. The van der Waals surface area contributed by atoms with E-state index in [2.05, 4.69) is 6.58 Å². The number of phenols is 1. The van der Waals surface area contributed by atoms with Gasteiger partial charge in [-0.25, -0.2) is 9.29 Å². The van der Waals surface area contributed by atoms with Gasteiger partial charge in [0.2, 0.25) is 23.6 Å². The number of rotatable bonds is 6. The maximum Gasteiger partial charge on any atom is 0.241 e. The van der Waals surface area contributed by atoms with E-state index in [0.29, 0.717) is 17.0 Å². The Hall–Kier alpha value is -4.96. The fourth-order valence-electron chi connectivity index (χ4n) is 8.37. The summed E-state index contributed by atoms with van der Waals surface area (Å²) in [5.41, 5.74) is 0.821. The molecule has 2 aliphatic heterocycles. The van der Waals surface area contributed by atoms with E-state index < -0.39 is 52.6 Å². The zero-order valence-corrected chi connectivity index (χ0v) is 27.2. The van der Waals surface area contributed by atoms with Crippen molar-refractivity contribution in [3.63, 3.8) is 0 Å². The van der Waals surface area contributed by atoms with Crippen LogP contribution in [0.2, 0.25) is 5.02 Å². The predicted molar refractivity (Wildman–Crippen MR) is 176 cm³/mol. The predicted octanol–water partition coefficient (Wildman–Crippen LogP) is 6.28. The second-order valence-electron chi connectivity index (χ2n) is 12.8. The molecular formula is C37H32ClFN2O7. The monoisotopic (exact) mass is 670 g/mol. The SMILES string of the molecule is C=Cc1ccc(N2C(=O)[C@H]3[C@H](CC=C4[C@H]3C[C@H]3C(=O)N(c5ccc(F)c(Cl)c5)C(=O)[C@@]3(C)[C@H]4c3c(O)cc(OC)cc3OC)C2=O)cc1. The van der Waals surface area contributed by atoms with Crippen molar-refractivity contribution < 1.29 is 38.1 Å². The van der Waals surface area contributed by atoms with Crippen molar-refractivity contribution in [3.05, 3.63) is 94.8 Å². The van der Waals surface area contributed by atoms with Gasteiger partial charge >= 0.3 is 0 Å². The number of ether oxygens (including phenoxy) is 2. The van der Waals surface area contributed by atoms with Gasteiger partial charge in [-0.3, -0.25) is 24.1 Å². The van der Waals surface area contributed by atoms with E-state index in [9.17, 15) is 28.7 Å². The maximum atomic E-state index is 14.7. The van der Waals surface area contributed by atoms with Crippen LogP contribution >= 0.6 is 11.6 Å². The number of aromatic hydroxyl groups is 1. The molecule has 3 aromatic carbocycles. The number of hydrogen-bond acceptors (Lipinski definition) is 7. The third-order valence-corrected chi connectivity index (χ3v) is 11.0. The second kappa shape index (κ2) is 11.3. The zero-order valence-electron chi connectivity index (χ0n) is 26.4. The molecule has 1 saturated carbocycles. The molecule has 246 valence electrons. The molecule has 2 aliphatic carbocycles. The highest BCUT2D eigenvalue weighted by Gasteiger charge is 2.68. The van der Waals surface area contributed by atoms with Crippen LogP contribution in [0.4, 0.5) is 15.8 Å². The summed E-state index contributed by atoms with van der Waals surface area (Å²) in [6, 6.07) is 13.6. The Labute approximate surface area is 281 Å². The first kappa shape index (κ1) is 31.6. The number of carbonyl (C=O) groups excluding carboxylic acids is 4. The van der Waals surface area contributed by atoms with Crippen molar-refractivity contribution in [1.29, 1.82) is 0 Å². The van der Waals surface area contributed by atoms with Gasteiger partial charge in [0.15, 0.2) is 0 Å². The smallest absolute Gasteiger partial charge is 0.241 e. The Kier molecular flexibility index (Phi) is 7.47. The molecule has 0 unspecified atom stereocenters. The molecule has 3 fully saturated rings. The van der Waals surface area contributed by atoms with Crippen LogP contribution in [-0.4, -0.2) is 43.0 Å². The summed E-state index contributed by atoms with van der Waals surface area (Å²) in [7, 11) is 2.86. The Balaban J connectivity index is 1.40. The van der Waals surface area contributed by atoms with Gasteiger partial charge in [-0.2, -0.15) is 0 Å². The highest BCUT2D eigenvalue weighted by Crippen LogP contribution is 2.65. The first-order valence-electron chi connectivity index (χ1n) is 15.5. The van der Waals surface area contributed by atoms with E-state index in [4.69, 9.17) is 21.1 Å². The average Bonchev–Trinajstić information content (AvgIpc) is 3.45. The fraction of sp³-hybridized carbons (Fsp3) is 0.297. The van der Waals surface area contributed by atoms with Crippen LogP contribution < -0.4 is 19.3 Å². The van der Waals surface area contributed by atoms with Crippen LogP contribution in [0.3, 0.4) is 0 Å². The number of nitrogens with zero attached hydrogens (tertiary/aromatic N) is 2. The van der Waals surface area contributed by atoms with Crippen LogP contribution in [0, 0.1) is 34.9 Å². The van der Waals surface area contributed by atoms with Gasteiger partial charge in [0.1, 0.15) is 23.1 Å². The lowest BCUT2D eigenvalue weighted by Crippen LogP contribution is -2.49. The van der Waals surface area contributed by atoms with Crippen molar-refractivity contribution in [2.75, 3.05) is 24.0 Å². The zero-order chi connectivity index (χ0) is 34.2. The number of amides is 4. The van der Waals surface area contributed by atoms with Crippen molar-refractivity contribution in [3.8, 4) is 17.2 Å². The quantitative estimate of drug-likeness (QED) is 0.243. The van der Waals surface area contributed by atoms with E-state index in [1.165, 1.54) is 37.3 Å². The summed E-state index contributed by atoms with van der Waals surface area (Å²) in [6.45, 7) is 5.44. The summed E-state index contributed by atoms with van der Waals surface area (Å²) in [4.78, 5) is 59.4. The molecule has 11 heteroatoms. The molecule has 7 rings (SSSR count). The van der Waals surface area contributed by atoms with Crippen molar-refractivity contribution >= 4 is 52.7 Å². The van der Waals surface area contributed by atoms with Crippen molar-refractivity contribution in [1.82, 2.24) is 0 Å². The van der Waals surface area contributed by atoms with Gasteiger partial charge < -0.3 is 14.6 Å². The standard InChI is InChI=1S/C37H32ClFN2O7/c1-5-18-6-8-19(9-7-18)40-33(43)23-12-11-22-24(30(23)35(40)45)17-25-34(44)41(20-10-13-27(39)26(38)14-20)36(46)37(25,2)32(22)31-28(42)15-21(47-3)16-29(31)48-4/h5-11,13-16,23-25,30,32,42H,1,12,17H2,2-4H3/t23-,24+,25-,30-,32+,37+/m0/s1. The lowest BCUT2D eigenvalue weighted by Gasteiger charge is -2.49. The van der Waals surface area contributed by atoms with Crippen molar-refractivity contribution in [2.24, 2.45) is 29.1 Å². The molecule has 0 radical (unpaired) electrons. The molecule has 0 spiro atoms. The minimum Gasteiger partial charge on any atom is -0.507 e. The van der Waals surface area contributed by atoms with Gasteiger partial charge in [-0.05, 0) is 61.6 Å². The summed E-state index contributed by atoms with van der Waals surface area (Å²) in [5, 5.41) is 11.3. The molecular weight excluding hydrogens is 639 g/mol. The van der Waals surface area contributed by atoms with Gasteiger partial charge in [0.05, 0.1) is 53.8 Å². The summed E-state index contributed by atoms with van der Waals surface area (Å²) >= 11 is 6.09. The summed E-state index contributed by atoms with van der Waals surface area (Å²) in [5.74, 6) is -6.26. The molecule has 3 aromatic rings. The van der Waals surface area contributed by atoms with E-state index in [1.807, 2.05) is 6.08 Å². The molecule has 9 nitrogen and oxygen atoms in total. The van der Waals surface area contributed by atoms with Crippen LogP contribution in [0.5, 0.6) is 17.2 Å². The number of allylic oxidation sites excluding steroid dienone is 2. The van der Waals surface area contributed by atoms with E-state index in [1.54, 1.807) is 43.3 Å². The molecule has 1 N–H and O–H groups in total. The lowest BCUT2D eigenvalue weighted by atomic mass is 9.51. The first-order chi connectivity index (χ1) is 23.0. The molecule has 2 heterocycles. The van der Waals surface area contributed by atoms with Gasteiger partial charge in [-0.1, -0.05) is 48.0 Å². The number of benzene rings is 3. The maximum absolute atomic E-state index is 14.7. The summed E-state index contributed by atoms with van der Waals surface area (Å²) in [6.07, 6.45) is 3.86. The molecule has 0 aromatic heterocycles. The van der Waals surface area contributed by atoms with Crippen molar-refractivity contribution in [2.45, 2.75) is 25.7 Å². The van der Waals surface area contributed by atoms with Crippen LogP contribution in [-0.2, 0) is 19.2 Å². The van der Waals surface area contributed by atoms with Crippen LogP contribution in [0.1, 0.15) is 36.8 Å². The second-order valence-corrected chi connectivity index (χ2v) is 13.2. The van der Waals surface area contributed by atoms with Crippen LogP contribution in [0.15, 0.2) is 72.8 Å². The largest absolute Gasteiger partial charge is 0.507 e. The highest BCUT2D eigenvalue weighted by atomic mass is 35.5. The number of carbonyl (C=O) groups is 4. The Morgan fingerprint density at radius 3 is 2.29 bits per heavy atom. The van der Waals surface area contributed by atoms with E-state index in [-0.39, 0.29) is 52.4 Å². The minimum absolute atomic E-state index is 0.0947. The molecule has 0 bridgehead atoms. The third kappa shape index (κ3) is 4.35. The third-order valence-electron chi connectivity index (χ3n) is 10.7. The topological polar surface area (TPSA) is 113 Å². The number of halogens is 2. The summed E-state index contributed by atoms with van der Waals surface area (Å²) < 4.78 is 25.3. The normalized spacial score (nSPS) is 27.8.